The monoisotopic (exact) mass is 636 g/mol. The van der Waals surface area contributed by atoms with Crippen molar-refractivity contribution in [1.29, 1.82) is 0 Å². The molecule has 0 bridgehead atoms. The van der Waals surface area contributed by atoms with Gasteiger partial charge in [-0.2, -0.15) is 4.57 Å². The Kier molecular flexibility index (Phi) is 7.69. The molecule has 0 aliphatic carbocycles. The maximum absolute atomic E-state index is 13.2. The number of rotatable bonds is 9. The number of carboxylic acids is 2. The summed E-state index contributed by atoms with van der Waals surface area (Å²) in [6.45, 7) is 1.37. The molecule has 220 valence electrons. The molecular formula is C23H23ClN9O7S2+. The van der Waals surface area contributed by atoms with Gasteiger partial charge in [-0.15, -0.1) is 11.8 Å². The number of nitrogens with one attached hydrogen (secondary N) is 1. The van der Waals surface area contributed by atoms with Gasteiger partial charge >= 0.3 is 11.9 Å². The number of nitrogen functional groups attached to an aromatic ring is 2. The van der Waals surface area contributed by atoms with E-state index in [1.54, 1.807) is 34.6 Å². The number of hydrogen-bond donors (Lipinski definition) is 5. The lowest BCUT2D eigenvalue weighted by molar-refractivity contribution is -0.687. The van der Waals surface area contributed by atoms with Crippen LogP contribution in [0, 0.1) is 0 Å². The topological polar surface area (TPSA) is 232 Å². The van der Waals surface area contributed by atoms with Gasteiger partial charge in [0.15, 0.2) is 35.3 Å². The quantitative estimate of drug-likeness (QED) is 0.0887. The van der Waals surface area contributed by atoms with Gasteiger partial charge in [-0.3, -0.25) is 14.5 Å². The van der Waals surface area contributed by atoms with Crippen LogP contribution in [0.1, 0.15) is 12.6 Å². The first kappa shape index (κ1) is 29.1. The Morgan fingerprint density at radius 3 is 2.71 bits per heavy atom. The lowest BCUT2D eigenvalue weighted by atomic mass is 10.0. The average molecular weight is 637 g/mol. The molecule has 0 spiro atoms. The minimum Gasteiger partial charge on any atom is -0.478 e. The van der Waals surface area contributed by atoms with Gasteiger partial charge in [-0.25, -0.2) is 19.6 Å². The van der Waals surface area contributed by atoms with E-state index in [1.807, 2.05) is 0 Å². The van der Waals surface area contributed by atoms with Crippen LogP contribution >= 0.6 is 34.7 Å². The zero-order chi connectivity index (χ0) is 30.5. The number of carboxylic acid groups (broad SMARTS) is 2. The van der Waals surface area contributed by atoms with Crippen molar-refractivity contribution in [1.82, 2.24) is 24.8 Å². The number of halogens is 1. The SMILES string of the molecule is C[C@H](O/N=C(\C(=O)NC1C(=O)N2C(C(=O)O)=C(C[n+]3ccc4c(c3)nc(N)n4C)CS[C@H]12)c1nc(N)sc1Cl)C(=O)O. The molecule has 2 aliphatic rings. The summed E-state index contributed by atoms with van der Waals surface area (Å²) in [5.74, 6) is -3.63. The standard InChI is InChI=1S/C23H22ClN9O7S2/c1-8(20(36)37)40-30-13(12-16(24)42-23(26)29-12)17(34)28-14-18(35)33-15(21(38)39)9(7-41-19(14)33)5-32-4-3-11-10(6-32)27-22(25)31(11)2/h3-4,6,8,14,19H,5,7H2,1-2H3,(H6-,25,26,27,28,29,34,36,37,38,39)/p+1/b30-13-/t8-,14?,19+/m0/s1. The molecule has 3 aromatic heterocycles. The van der Waals surface area contributed by atoms with E-state index in [4.69, 9.17) is 33.0 Å². The number of nitrogens with zero attached hydrogens (tertiary/aromatic N) is 6. The Balaban J connectivity index is 1.37. The lowest BCUT2D eigenvalue weighted by Crippen LogP contribution is -2.71. The maximum Gasteiger partial charge on any atom is 0.352 e. The summed E-state index contributed by atoms with van der Waals surface area (Å²) < 4.78 is 3.47. The van der Waals surface area contributed by atoms with Crippen LogP contribution in [0.4, 0.5) is 11.1 Å². The number of aromatic nitrogens is 4. The van der Waals surface area contributed by atoms with Crippen LogP contribution in [0.5, 0.6) is 0 Å². The first-order valence-corrected chi connectivity index (χ1v) is 14.3. The number of thioether (sulfide) groups is 1. The highest BCUT2D eigenvalue weighted by Crippen LogP contribution is 2.40. The number of carbonyl (C=O) groups is 4. The fourth-order valence-electron chi connectivity index (χ4n) is 4.37. The van der Waals surface area contributed by atoms with Crippen LogP contribution in [0.2, 0.25) is 4.34 Å². The van der Waals surface area contributed by atoms with Crippen LogP contribution in [0.15, 0.2) is 34.9 Å². The third-order valence-electron chi connectivity index (χ3n) is 6.52. The Hall–Kier alpha value is -4.42. The van der Waals surface area contributed by atoms with Crippen molar-refractivity contribution in [3.05, 3.63) is 39.8 Å². The minimum absolute atomic E-state index is 0.00797. The highest BCUT2D eigenvalue weighted by molar-refractivity contribution is 8.00. The predicted octanol–water partition coefficient (Wildman–Crippen LogP) is -0.232. The lowest BCUT2D eigenvalue weighted by Gasteiger charge is -2.49. The van der Waals surface area contributed by atoms with Crippen molar-refractivity contribution in [2.45, 2.75) is 31.0 Å². The van der Waals surface area contributed by atoms with Crippen molar-refractivity contribution in [2.24, 2.45) is 12.2 Å². The number of aliphatic carboxylic acids is 2. The first-order valence-electron chi connectivity index (χ1n) is 12.1. The maximum atomic E-state index is 13.2. The molecule has 0 saturated carbocycles. The summed E-state index contributed by atoms with van der Waals surface area (Å²) in [6, 6.07) is 0.692. The number of β-lactam (4-membered cyclic amide) rings is 1. The van der Waals surface area contributed by atoms with Gasteiger partial charge in [0.1, 0.15) is 27.1 Å². The summed E-state index contributed by atoms with van der Waals surface area (Å²) in [7, 11) is 1.78. The molecule has 2 aliphatic heterocycles. The number of nitrogens with two attached hydrogens (primary N) is 2. The summed E-state index contributed by atoms with van der Waals surface area (Å²) in [6.07, 6.45) is 2.09. The summed E-state index contributed by atoms with van der Waals surface area (Å²) >= 11 is 8.27. The molecule has 1 saturated heterocycles. The second kappa shape index (κ2) is 11.1. The Morgan fingerprint density at radius 1 is 1.33 bits per heavy atom. The van der Waals surface area contributed by atoms with Gasteiger partial charge in [0.05, 0.1) is 5.52 Å². The number of anilines is 2. The Bertz CT molecular complexity index is 1720. The molecule has 2 amide bonds. The molecule has 3 atom stereocenters. The Labute approximate surface area is 249 Å². The van der Waals surface area contributed by atoms with E-state index in [2.05, 4.69) is 20.4 Å². The summed E-state index contributed by atoms with van der Waals surface area (Å²) in [5, 5.41) is 24.6. The molecule has 7 N–H and O–H groups in total. The fraction of sp³-hybridized carbons (Fsp3) is 0.304. The molecule has 16 nitrogen and oxygen atoms in total. The second-order valence-corrected chi connectivity index (χ2v) is 12.0. The first-order chi connectivity index (χ1) is 19.9. The van der Waals surface area contributed by atoms with E-state index in [0.29, 0.717) is 17.0 Å². The molecule has 0 radical (unpaired) electrons. The van der Waals surface area contributed by atoms with E-state index in [9.17, 15) is 24.3 Å². The molecule has 3 aromatic rings. The third-order valence-corrected chi connectivity index (χ3v) is 8.94. The van der Waals surface area contributed by atoms with Gasteiger partial charge in [-0.05, 0) is 6.92 Å². The van der Waals surface area contributed by atoms with Crippen LogP contribution in [0.25, 0.3) is 11.0 Å². The predicted molar refractivity (Wildman–Crippen MR) is 151 cm³/mol. The van der Waals surface area contributed by atoms with E-state index in [-0.39, 0.29) is 33.2 Å². The number of carbonyl (C=O) groups excluding carboxylic acids is 2. The van der Waals surface area contributed by atoms with Crippen molar-refractivity contribution in [2.75, 3.05) is 17.2 Å². The highest BCUT2D eigenvalue weighted by atomic mass is 35.5. The molecule has 5 heterocycles. The zero-order valence-corrected chi connectivity index (χ0v) is 24.2. The highest BCUT2D eigenvalue weighted by Gasteiger charge is 2.55. The van der Waals surface area contributed by atoms with Crippen LogP contribution < -0.4 is 21.4 Å². The van der Waals surface area contributed by atoms with Gasteiger partial charge in [0.25, 0.3) is 11.8 Å². The smallest absolute Gasteiger partial charge is 0.352 e. The number of imidazole rings is 1. The number of aryl methyl sites for hydroxylation is 1. The van der Waals surface area contributed by atoms with Gasteiger partial charge < -0.3 is 36.4 Å². The number of hydrogen-bond acceptors (Lipinski definition) is 12. The van der Waals surface area contributed by atoms with Crippen molar-refractivity contribution >= 4 is 86.3 Å². The normalized spacial score (nSPS) is 19.4. The number of amides is 2. The molecule has 0 aromatic carbocycles. The van der Waals surface area contributed by atoms with Gasteiger partial charge in [0.2, 0.25) is 12.1 Å². The van der Waals surface area contributed by atoms with Crippen LogP contribution in [0.3, 0.4) is 0 Å². The number of oxime groups is 1. The third kappa shape index (κ3) is 5.19. The fourth-order valence-corrected chi connectivity index (χ4v) is 6.64. The minimum atomic E-state index is -1.41. The van der Waals surface area contributed by atoms with Crippen molar-refractivity contribution in [3.8, 4) is 0 Å². The zero-order valence-electron chi connectivity index (χ0n) is 21.8. The van der Waals surface area contributed by atoms with E-state index < -0.39 is 47.0 Å². The van der Waals surface area contributed by atoms with E-state index >= 15 is 0 Å². The van der Waals surface area contributed by atoms with Crippen LogP contribution in [-0.2, 0) is 37.6 Å². The average Bonchev–Trinajstić information content (AvgIpc) is 3.42. The van der Waals surface area contributed by atoms with E-state index in [0.717, 1.165) is 21.8 Å². The Morgan fingerprint density at radius 2 is 2.07 bits per heavy atom. The number of thiazole rings is 1. The van der Waals surface area contributed by atoms with E-state index in [1.165, 1.54) is 18.7 Å². The van der Waals surface area contributed by atoms with Crippen molar-refractivity contribution in [3.63, 3.8) is 0 Å². The molecule has 1 fully saturated rings. The van der Waals surface area contributed by atoms with Gasteiger partial charge in [-0.1, -0.05) is 28.1 Å². The van der Waals surface area contributed by atoms with Gasteiger partial charge in [0, 0.05) is 24.4 Å². The molecule has 1 unspecified atom stereocenters. The van der Waals surface area contributed by atoms with Crippen LogP contribution in [-0.4, -0.2) is 82.4 Å². The number of fused-ring (bicyclic) bond motifs is 2. The van der Waals surface area contributed by atoms with Crippen molar-refractivity contribution < 1.29 is 38.8 Å². The summed E-state index contributed by atoms with van der Waals surface area (Å²) in [4.78, 5) is 64.2. The largest absolute Gasteiger partial charge is 0.478 e. The molecule has 19 heteroatoms. The molecule has 5 rings (SSSR count). The summed E-state index contributed by atoms with van der Waals surface area (Å²) in [5.41, 5.74) is 12.6. The molecule has 42 heavy (non-hydrogen) atoms. The number of pyridine rings is 1. The molecular weight excluding hydrogens is 614 g/mol. The second-order valence-electron chi connectivity index (χ2n) is 9.24.